The van der Waals surface area contributed by atoms with Crippen molar-refractivity contribution in [2.24, 2.45) is 5.90 Å². The van der Waals surface area contributed by atoms with Crippen LogP contribution in [0.3, 0.4) is 0 Å². The van der Waals surface area contributed by atoms with Crippen molar-refractivity contribution >= 4 is 12.3 Å². The van der Waals surface area contributed by atoms with E-state index in [1.165, 1.54) is 25.3 Å². The molecule has 10 nitrogen and oxygen atoms in total. The third-order valence-electron chi connectivity index (χ3n) is 3.57. The number of carbonyl (C=O) groups excluding carboxylic acids is 2. The first kappa shape index (κ1) is 23.3. The van der Waals surface area contributed by atoms with Gasteiger partial charge in [0.15, 0.2) is 12.0 Å². The van der Waals surface area contributed by atoms with E-state index in [0.717, 1.165) is 0 Å². The minimum absolute atomic E-state index is 0.000611. The molecule has 2 amide bonds. The van der Waals surface area contributed by atoms with E-state index in [1.54, 1.807) is 14.0 Å². The maximum atomic E-state index is 11.6. The zero-order valence-electron chi connectivity index (χ0n) is 15.5. The molecule has 1 saturated heterocycles. The summed E-state index contributed by atoms with van der Waals surface area (Å²) in [6.45, 7) is 5.69. The lowest BCUT2D eigenvalue weighted by Gasteiger charge is -2.29. The molecule has 1 fully saturated rings. The number of nitrogens with zero attached hydrogens (tertiary/aromatic N) is 1. The number of hydrogen-bond donors (Lipinski definition) is 3. The van der Waals surface area contributed by atoms with Crippen molar-refractivity contribution in [2.75, 3.05) is 27.9 Å². The Bertz CT molecular complexity index is 460. The first-order valence-electron chi connectivity index (χ1n) is 7.77. The largest absolute Gasteiger partial charge is 0.490 e. The maximum Gasteiger partial charge on any atom is 0.294 e. The smallest absolute Gasteiger partial charge is 0.294 e. The predicted octanol–water partition coefficient (Wildman–Crippen LogP) is -0.914. The number of aliphatic hydroxyl groups excluding tert-OH is 1. The molecule has 0 bridgehead atoms. The average molecular weight is 363 g/mol. The fourth-order valence-electron chi connectivity index (χ4n) is 2.50. The Balaban J connectivity index is 0.00000277. The number of carbonyl (C=O) groups is 2. The Hall–Kier alpha value is -1.72. The number of nitrogens with two attached hydrogens (primary N) is 1. The van der Waals surface area contributed by atoms with Gasteiger partial charge in [-0.1, -0.05) is 13.8 Å². The SMILES string of the molecule is CC.CO/C(=C/N(C)C1OC(C)(CON)C(OC)C1O)C(=O)NC=O. The molecule has 1 aliphatic heterocycles. The Labute approximate surface area is 147 Å². The first-order chi connectivity index (χ1) is 11.8. The lowest BCUT2D eigenvalue weighted by Crippen LogP contribution is -2.46. The second-order valence-corrected chi connectivity index (χ2v) is 5.23. The minimum atomic E-state index is -1.03. The highest BCUT2D eigenvalue weighted by atomic mass is 16.7. The highest BCUT2D eigenvalue weighted by molar-refractivity contribution is 5.97. The molecule has 146 valence electrons. The molecule has 4 unspecified atom stereocenters. The molecule has 0 aliphatic carbocycles. The van der Waals surface area contributed by atoms with Gasteiger partial charge in [0, 0.05) is 20.4 Å². The van der Waals surface area contributed by atoms with Crippen LogP contribution in [0.25, 0.3) is 0 Å². The van der Waals surface area contributed by atoms with Crippen molar-refractivity contribution in [2.45, 2.75) is 44.8 Å². The highest BCUT2D eigenvalue weighted by Crippen LogP contribution is 2.34. The number of amides is 2. The molecule has 4 atom stereocenters. The van der Waals surface area contributed by atoms with Gasteiger partial charge in [-0.05, 0) is 6.92 Å². The summed E-state index contributed by atoms with van der Waals surface area (Å²) in [5.74, 6) is 4.25. The molecule has 1 rings (SSSR count). The zero-order chi connectivity index (χ0) is 19.6. The normalized spacial score (nSPS) is 28.6. The van der Waals surface area contributed by atoms with Crippen molar-refractivity contribution < 1.29 is 33.7 Å². The van der Waals surface area contributed by atoms with Gasteiger partial charge in [0.25, 0.3) is 5.91 Å². The first-order valence-corrected chi connectivity index (χ1v) is 7.77. The van der Waals surface area contributed by atoms with Crippen LogP contribution in [0.15, 0.2) is 12.0 Å². The Kier molecular flexibility index (Phi) is 10.2. The Morgan fingerprint density at radius 2 is 2.04 bits per heavy atom. The quantitative estimate of drug-likeness (QED) is 0.217. The van der Waals surface area contributed by atoms with E-state index in [-0.39, 0.29) is 18.8 Å². The summed E-state index contributed by atoms with van der Waals surface area (Å²) in [6, 6.07) is 0. The van der Waals surface area contributed by atoms with Gasteiger partial charge in [-0.25, -0.2) is 5.90 Å². The van der Waals surface area contributed by atoms with Crippen LogP contribution in [0.5, 0.6) is 0 Å². The van der Waals surface area contributed by atoms with E-state index < -0.39 is 29.9 Å². The summed E-state index contributed by atoms with van der Waals surface area (Å²) >= 11 is 0. The van der Waals surface area contributed by atoms with Crippen molar-refractivity contribution in [3.05, 3.63) is 12.0 Å². The molecule has 0 aromatic carbocycles. The molecule has 25 heavy (non-hydrogen) atoms. The Morgan fingerprint density at radius 1 is 1.44 bits per heavy atom. The highest BCUT2D eigenvalue weighted by Gasteiger charge is 2.53. The number of ether oxygens (including phenoxy) is 3. The fourth-order valence-corrected chi connectivity index (χ4v) is 2.50. The second kappa shape index (κ2) is 11.0. The van der Waals surface area contributed by atoms with Gasteiger partial charge in [0.2, 0.25) is 6.41 Å². The summed E-state index contributed by atoms with van der Waals surface area (Å²) in [5.41, 5.74) is -0.978. The summed E-state index contributed by atoms with van der Waals surface area (Å²) < 4.78 is 16.0. The second-order valence-electron chi connectivity index (χ2n) is 5.23. The van der Waals surface area contributed by atoms with Crippen LogP contribution in [0.4, 0.5) is 0 Å². The van der Waals surface area contributed by atoms with E-state index in [9.17, 15) is 14.7 Å². The number of aliphatic hydroxyl groups is 1. The number of hydrogen-bond acceptors (Lipinski definition) is 9. The molecule has 0 saturated carbocycles. The molecule has 4 N–H and O–H groups in total. The lowest BCUT2D eigenvalue weighted by molar-refractivity contribution is -0.142. The topological polar surface area (TPSA) is 133 Å². The summed E-state index contributed by atoms with van der Waals surface area (Å²) in [5, 5.41) is 12.4. The van der Waals surface area contributed by atoms with Crippen LogP contribution in [0.1, 0.15) is 20.8 Å². The Morgan fingerprint density at radius 3 is 2.48 bits per heavy atom. The minimum Gasteiger partial charge on any atom is -0.490 e. The number of methoxy groups -OCH3 is 2. The molecule has 1 aliphatic rings. The molecule has 0 aromatic rings. The van der Waals surface area contributed by atoms with Gasteiger partial charge < -0.3 is 29.1 Å². The van der Waals surface area contributed by atoms with E-state index in [4.69, 9.17) is 20.1 Å². The van der Waals surface area contributed by atoms with E-state index in [0.29, 0.717) is 0 Å². The third-order valence-corrected chi connectivity index (χ3v) is 3.57. The lowest BCUT2D eigenvalue weighted by atomic mass is 9.98. The third kappa shape index (κ3) is 5.65. The molecular weight excluding hydrogens is 334 g/mol. The van der Waals surface area contributed by atoms with Crippen molar-refractivity contribution in [1.82, 2.24) is 10.2 Å². The van der Waals surface area contributed by atoms with E-state index in [2.05, 4.69) is 4.84 Å². The predicted molar refractivity (Wildman–Crippen MR) is 88.6 cm³/mol. The van der Waals surface area contributed by atoms with Crippen LogP contribution in [-0.4, -0.2) is 74.2 Å². The van der Waals surface area contributed by atoms with Gasteiger partial charge in [-0.2, -0.15) is 0 Å². The van der Waals surface area contributed by atoms with Gasteiger partial charge in [-0.3, -0.25) is 14.9 Å². The molecule has 0 spiro atoms. The average Bonchev–Trinajstić information content (AvgIpc) is 2.85. The van der Waals surface area contributed by atoms with Gasteiger partial charge in [-0.15, -0.1) is 0 Å². The number of imide groups is 1. The molecule has 0 aromatic heterocycles. The molecule has 1 heterocycles. The van der Waals surface area contributed by atoms with Crippen LogP contribution >= 0.6 is 0 Å². The zero-order valence-corrected chi connectivity index (χ0v) is 15.5. The standard InChI is InChI=1S/C13H23N3O7.C2H6/c1-13(6-22-14)10(21-4)9(18)12(23-13)16(2)5-8(20-3)11(19)15-7-17;1-2/h5,7,9-10,12,18H,6,14H2,1-4H3,(H,15,17,19);1-2H3/b8-5+;. The summed E-state index contributed by atoms with van der Waals surface area (Å²) in [4.78, 5) is 28.0. The van der Waals surface area contributed by atoms with E-state index >= 15 is 0 Å². The molecule has 0 radical (unpaired) electrons. The summed E-state index contributed by atoms with van der Waals surface area (Å²) in [6.07, 6.45) is -1.02. The summed E-state index contributed by atoms with van der Waals surface area (Å²) in [7, 11) is 4.28. The van der Waals surface area contributed by atoms with Crippen molar-refractivity contribution in [3.8, 4) is 0 Å². The fraction of sp³-hybridized carbons (Fsp3) is 0.733. The van der Waals surface area contributed by atoms with Gasteiger partial charge >= 0.3 is 0 Å². The van der Waals surface area contributed by atoms with Crippen LogP contribution in [0, 0.1) is 0 Å². The van der Waals surface area contributed by atoms with E-state index in [1.807, 2.05) is 19.2 Å². The van der Waals surface area contributed by atoms with Crippen LogP contribution in [-0.2, 0) is 28.6 Å². The molecular formula is C15H29N3O7. The van der Waals surface area contributed by atoms with Crippen molar-refractivity contribution in [1.29, 1.82) is 0 Å². The molecule has 10 heteroatoms. The number of rotatable bonds is 8. The van der Waals surface area contributed by atoms with Crippen molar-refractivity contribution in [3.63, 3.8) is 0 Å². The van der Waals surface area contributed by atoms with Crippen LogP contribution < -0.4 is 11.2 Å². The van der Waals surface area contributed by atoms with Crippen LogP contribution in [0.2, 0.25) is 0 Å². The van der Waals surface area contributed by atoms with Gasteiger partial charge in [0.1, 0.15) is 17.8 Å². The monoisotopic (exact) mass is 363 g/mol. The number of likely N-dealkylation sites (N-methyl/N-ethyl adjacent to an activating group) is 1. The van der Waals surface area contributed by atoms with Gasteiger partial charge in [0.05, 0.1) is 13.7 Å². The number of nitrogens with one attached hydrogen (secondary N) is 1. The maximum absolute atomic E-state index is 11.6.